The van der Waals surface area contributed by atoms with Crippen LogP contribution in [0, 0.1) is 0 Å². The molecule has 0 aromatic carbocycles. The van der Waals surface area contributed by atoms with Gasteiger partial charge in [0.05, 0.1) is 0 Å². The van der Waals surface area contributed by atoms with E-state index in [1.54, 1.807) is 0 Å². The first-order chi connectivity index (χ1) is 7.91. The number of aliphatic carboxylic acids is 2. The van der Waals surface area contributed by atoms with E-state index in [1.165, 1.54) is 17.8 Å². The number of hydrogen-bond donors (Lipinski definition) is 5. The first-order valence-electron chi connectivity index (χ1n) is 4.64. The minimum atomic E-state index is -1.23. The van der Waals surface area contributed by atoms with E-state index < -0.39 is 24.0 Å². The van der Waals surface area contributed by atoms with Gasteiger partial charge in [0, 0.05) is 5.75 Å². The number of nitrogens with one attached hydrogen (secondary N) is 1. The molecular formula is C8H13N3O5S. The molecule has 3 atom stereocenters. The number of carbonyl (C=O) groups is 2. The Kier molecular flexibility index (Phi) is 4.75. The zero-order valence-electron chi connectivity index (χ0n) is 8.70. The molecular weight excluding hydrogens is 250 g/mol. The lowest BCUT2D eigenvalue weighted by molar-refractivity contribution is -0.139. The number of hydroxylamine groups is 1. The number of nitrogens with two attached hydrogens (primary N) is 2. The van der Waals surface area contributed by atoms with Crippen LogP contribution in [0.1, 0.15) is 0 Å². The Balaban J connectivity index is 2.44. The molecule has 7 N–H and O–H groups in total. The molecule has 1 aliphatic rings. The largest absolute Gasteiger partial charge is 0.480 e. The van der Waals surface area contributed by atoms with E-state index in [9.17, 15) is 9.59 Å². The van der Waals surface area contributed by atoms with E-state index in [2.05, 4.69) is 5.48 Å². The number of rotatable bonds is 6. The van der Waals surface area contributed by atoms with Crippen molar-refractivity contribution in [2.45, 2.75) is 17.5 Å². The van der Waals surface area contributed by atoms with Crippen LogP contribution >= 0.6 is 11.8 Å². The number of hydrogen-bond acceptors (Lipinski definition) is 7. The Morgan fingerprint density at radius 3 is 2.65 bits per heavy atom. The van der Waals surface area contributed by atoms with Crippen LogP contribution in [0.15, 0.2) is 11.8 Å². The molecule has 1 rings (SSSR count). The van der Waals surface area contributed by atoms with E-state index in [1.807, 2.05) is 0 Å². The average molecular weight is 263 g/mol. The van der Waals surface area contributed by atoms with Gasteiger partial charge in [0.2, 0.25) is 0 Å². The summed E-state index contributed by atoms with van der Waals surface area (Å²) >= 11 is 1.19. The third kappa shape index (κ3) is 3.89. The highest BCUT2D eigenvalue weighted by Crippen LogP contribution is 2.20. The van der Waals surface area contributed by atoms with E-state index >= 15 is 0 Å². The minimum absolute atomic E-state index is 0.0962. The minimum Gasteiger partial charge on any atom is -0.480 e. The summed E-state index contributed by atoms with van der Waals surface area (Å²) in [6, 6.07) is -2.21. The van der Waals surface area contributed by atoms with Gasteiger partial charge in [-0.25, -0.2) is 0 Å². The van der Waals surface area contributed by atoms with E-state index in [0.29, 0.717) is 0 Å². The van der Waals surface area contributed by atoms with Crippen molar-refractivity contribution in [3.8, 4) is 0 Å². The molecule has 0 saturated carbocycles. The van der Waals surface area contributed by atoms with Crippen LogP contribution in [0.2, 0.25) is 0 Å². The Hall–Kier alpha value is -1.29. The molecule has 1 heterocycles. The highest BCUT2D eigenvalue weighted by molar-refractivity contribution is 8.00. The number of carboxylic acids is 2. The van der Waals surface area contributed by atoms with E-state index in [0.717, 1.165) is 0 Å². The molecule has 0 bridgehead atoms. The molecule has 8 nitrogen and oxygen atoms in total. The Bertz CT molecular complexity index is 348. The van der Waals surface area contributed by atoms with Gasteiger partial charge < -0.3 is 26.5 Å². The van der Waals surface area contributed by atoms with Crippen molar-refractivity contribution in [2.75, 3.05) is 5.75 Å². The molecule has 0 fully saturated rings. The van der Waals surface area contributed by atoms with Crippen LogP contribution in [-0.2, 0) is 14.4 Å². The standard InChI is InChI=1S/C8H13N3O5S/c9-3(7(12)13)2-17-5-1-4(16-11-5)6(10)8(14)15/h1,3,5-6,11H,2,9-10H2,(H,12,13)(H,14,15)/t3-,5+,6-/m0/s1. The quantitative estimate of drug-likeness (QED) is 0.377. The molecule has 0 spiro atoms. The van der Waals surface area contributed by atoms with Crippen LogP contribution in [0.25, 0.3) is 0 Å². The molecule has 1 aliphatic heterocycles. The zero-order chi connectivity index (χ0) is 13.0. The van der Waals surface area contributed by atoms with Gasteiger partial charge in [0.25, 0.3) is 0 Å². The normalized spacial score (nSPS) is 22.5. The molecule has 0 radical (unpaired) electrons. The van der Waals surface area contributed by atoms with Crippen LogP contribution in [0.4, 0.5) is 0 Å². The smallest absolute Gasteiger partial charge is 0.328 e. The first kappa shape index (κ1) is 13.8. The summed E-state index contributed by atoms with van der Waals surface area (Å²) in [7, 11) is 0. The van der Waals surface area contributed by atoms with Crippen molar-refractivity contribution in [3.05, 3.63) is 11.8 Å². The van der Waals surface area contributed by atoms with Crippen molar-refractivity contribution in [3.63, 3.8) is 0 Å². The number of carboxylic acid groups (broad SMARTS) is 2. The topological polar surface area (TPSA) is 148 Å². The van der Waals surface area contributed by atoms with Crippen LogP contribution in [0.3, 0.4) is 0 Å². The summed E-state index contributed by atoms with van der Waals surface area (Å²) in [5.41, 5.74) is 13.2. The van der Waals surface area contributed by atoms with Crippen LogP contribution in [0.5, 0.6) is 0 Å². The third-order valence-electron chi connectivity index (χ3n) is 1.95. The lowest BCUT2D eigenvalue weighted by Gasteiger charge is -2.09. The summed E-state index contributed by atoms with van der Waals surface area (Å²) in [6.45, 7) is 0. The van der Waals surface area contributed by atoms with Gasteiger partial charge in [-0.3, -0.25) is 9.59 Å². The van der Waals surface area contributed by atoms with Gasteiger partial charge in [-0.2, -0.15) is 0 Å². The van der Waals surface area contributed by atoms with Gasteiger partial charge in [0.1, 0.15) is 11.4 Å². The fraction of sp³-hybridized carbons (Fsp3) is 0.500. The molecule has 96 valence electrons. The van der Waals surface area contributed by atoms with Crippen molar-refractivity contribution in [1.82, 2.24) is 5.48 Å². The second-order valence-corrected chi connectivity index (χ2v) is 4.48. The Morgan fingerprint density at radius 1 is 1.47 bits per heavy atom. The van der Waals surface area contributed by atoms with Crippen molar-refractivity contribution < 1.29 is 24.6 Å². The van der Waals surface area contributed by atoms with Gasteiger partial charge in [-0.15, -0.1) is 17.2 Å². The summed E-state index contributed by atoms with van der Waals surface area (Å²) in [5.74, 6) is -2.03. The van der Waals surface area contributed by atoms with Crippen LogP contribution < -0.4 is 16.9 Å². The second-order valence-electron chi connectivity index (χ2n) is 3.30. The van der Waals surface area contributed by atoms with Gasteiger partial charge in [-0.05, 0) is 6.08 Å². The van der Waals surface area contributed by atoms with E-state index in [4.69, 9.17) is 26.5 Å². The highest BCUT2D eigenvalue weighted by atomic mass is 32.2. The van der Waals surface area contributed by atoms with E-state index in [-0.39, 0.29) is 16.9 Å². The van der Waals surface area contributed by atoms with Crippen molar-refractivity contribution >= 4 is 23.7 Å². The predicted octanol–water partition coefficient (Wildman–Crippen LogP) is -1.71. The summed E-state index contributed by atoms with van der Waals surface area (Å²) < 4.78 is 0. The maximum absolute atomic E-state index is 10.6. The van der Waals surface area contributed by atoms with Gasteiger partial charge in [0.15, 0.2) is 11.8 Å². The Morgan fingerprint density at radius 2 is 2.12 bits per heavy atom. The summed E-state index contributed by atoms with van der Waals surface area (Å²) in [4.78, 5) is 25.9. The molecule has 0 aromatic heterocycles. The summed E-state index contributed by atoms with van der Waals surface area (Å²) in [5, 5.41) is 16.8. The fourth-order valence-corrected chi connectivity index (χ4v) is 1.90. The lowest BCUT2D eigenvalue weighted by Crippen LogP contribution is -2.34. The maximum Gasteiger partial charge on any atom is 0.328 e. The maximum atomic E-state index is 10.6. The summed E-state index contributed by atoms with van der Waals surface area (Å²) in [6.07, 6.45) is 1.48. The van der Waals surface area contributed by atoms with Gasteiger partial charge in [-0.1, -0.05) is 0 Å². The lowest BCUT2D eigenvalue weighted by atomic mass is 10.2. The molecule has 17 heavy (non-hydrogen) atoms. The van der Waals surface area contributed by atoms with Crippen molar-refractivity contribution in [2.24, 2.45) is 11.5 Å². The van der Waals surface area contributed by atoms with Crippen LogP contribution in [-0.4, -0.2) is 45.4 Å². The van der Waals surface area contributed by atoms with Gasteiger partial charge >= 0.3 is 11.9 Å². The molecule has 0 aliphatic carbocycles. The molecule has 9 heteroatoms. The molecule has 0 saturated heterocycles. The molecule has 0 amide bonds. The fourth-order valence-electron chi connectivity index (χ4n) is 0.993. The average Bonchev–Trinajstić information content (AvgIpc) is 2.72. The molecule has 0 aromatic rings. The highest BCUT2D eigenvalue weighted by Gasteiger charge is 2.27. The SMILES string of the molecule is N[C@H](C(=O)O)C1=C[C@@H](SC[C@H](N)C(=O)O)NO1. The first-order valence-corrected chi connectivity index (χ1v) is 5.69. The van der Waals surface area contributed by atoms with Crippen molar-refractivity contribution in [1.29, 1.82) is 0 Å². The molecule has 0 unspecified atom stereocenters. The Labute approximate surface area is 101 Å². The third-order valence-corrected chi connectivity index (χ3v) is 3.10. The second kappa shape index (κ2) is 5.87. The predicted molar refractivity (Wildman–Crippen MR) is 59.8 cm³/mol. The zero-order valence-corrected chi connectivity index (χ0v) is 9.52. The monoisotopic (exact) mass is 263 g/mol. The number of thioether (sulfide) groups is 1.